The zero-order valence-electron chi connectivity index (χ0n) is 8.31. The molecule has 70 valence electrons. The molecule has 0 bridgehead atoms. The monoisotopic (exact) mass is 185 g/mol. The van der Waals surface area contributed by atoms with E-state index in [9.17, 15) is 0 Å². The summed E-state index contributed by atoms with van der Waals surface area (Å²) in [5.74, 6) is 1.33. The van der Waals surface area contributed by atoms with E-state index >= 15 is 0 Å². The van der Waals surface area contributed by atoms with E-state index in [1.165, 1.54) is 25.0 Å². The number of hydrogen-bond donors (Lipinski definition) is 1. The fourth-order valence-corrected chi connectivity index (χ4v) is 3.75. The van der Waals surface area contributed by atoms with E-state index in [1.807, 2.05) is 0 Å². The second-order valence-corrected chi connectivity index (χ2v) is 6.29. The molecular formula is C10H19NS. The zero-order chi connectivity index (χ0) is 8.82. The highest BCUT2D eigenvalue weighted by molar-refractivity contribution is 8.00. The van der Waals surface area contributed by atoms with Gasteiger partial charge in [-0.05, 0) is 44.3 Å². The maximum absolute atomic E-state index is 3.76. The van der Waals surface area contributed by atoms with Gasteiger partial charge in [0.05, 0.1) is 4.87 Å². The maximum atomic E-state index is 3.76. The van der Waals surface area contributed by atoms with Crippen molar-refractivity contribution in [2.75, 3.05) is 5.75 Å². The Morgan fingerprint density at radius 2 is 2.00 bits per heavy atom. The summed E-state index contributed by atoms with van der Waals surface area (Å²) < 4.78 is 0. The first-order valence-electron chi connectivity index (χ1n) is 4.97. The highest BCUT2D eigenvalue weighted by atomic mass is 32.2. The number of nitrogens with one attached hydrogen (secondary N) is 1. The molecule has 2 rings (SSSR count). The van der Waals surface area contributed by atoms with E-state index in [0.717, 1.165) is 0 Å². The van der Waals surface area contributed by atoms with Crippen LogP contribution in [0, 0.1) is 5.41 Å². The predicted octanol–water partition coefficient (Wildman–Crippen LogP) is 2.62. The Labute approximate surface area is 79.7 Å². The molecule has 2 aliphatic rings. The summed E-state index contributed by atoms with van der Waals surface area (Å²) in [6, 6.07) is 0.716. The topological polar surface area (TPSA) is 12.0 Å². The quantitative estimate of drug-likeness (QED) is 0.674. The molecule has 0 aromatic carbocycles. The molecule has 0 aromatic rings. The average molecular weight is 185 g/mol. The van der Waals surface area contributed by atoms with E-state index in [0.29, 0.717) is 16.3 Å². The third-order valence-electron chi connectivity index (χ3n) is 3.62. The molecule has 2 unspecified atom stereocenters. The second-order valence-electron chi connectivity index (χ2n) is 4.78. The zero-order valence-corrected chi connectivity index (χ0v) is 9.13. The smallest absolute Gasteiger partial charge is 0.0672 e. The van der Waals surface area contributed by atoms with Crippen LogP contribution in [0.5, 0.6) is 0 Å². The van der Waals surface area contributed by atoms with Crippen LogP contribution in [0.2, 0.25) is 0 Å². The van der Waals surface area contributed by atoms with E-state index < -0.39 is 0 Å². The molecule has 1 saturated carbocycles. The Balaban J connectivity index is 2.08. The summed E-state index contributed by atoms with van der Waals surface area (Å²) in [5, 5.41) is 3.76. The van der Waals surface area contributed by atoms with Gasteiger partial charge in [-0.1, -0.05) is 6.92 Å². The Bertz CT molecular complexity index is 188. The maximum Gasteiger partial charge on any atom is 0.0672 e. The van der Waals surface area contributed by atoms with E-state index in [2.05, 4.69) is 37.8 Å². The van der Waals surface area contributed by atoms with Crippen LogP contribution in [0.15, 0.2) is 0 Å². The summed E-state index contributed by atoms with van der Waals surface area (Å²) in [4.78, 5) is 0.366. The van der Waals surface area contributed by atoms with Crippen LogP contribution < -0.4 is 5.32 Å². The van der Waals surface area contributed by atoms with Crippen LogP contribution in [-0.2, 0) is 0 Å². The second kappa shape index (κ2) is 2.65. The van der Waals surface area contributed by atoms with Crippen molar-refractivity contribution in [1.29, 1.82) is 0 Å². The van der Waals surface area contributed by atoms with Crippen molar-refractivity contribution in [1.82, 2.24) is 5.32 Å². The van der Waals surface area contributed by atoms with Crippen molar-refractivity contribution >= 4 is 11.8 Å². The average Bonchev–Trinajstić information content (AvgIpc) is 2.69. The SMILES string of the molecule is CC1CCSC(C)(C2(C)CC2)N1. The number of rotatable bonds is 1. The lowest BCUT2D eigenvalue weighted by Gasteiger charge is -2.43. The highest BCUT2D eigenvalue weighted by Gasteiger charge is 2.54. The first kappa shape index (κ1) is 8.89. The van der Waals surface area contributed by atoms with Crippen molar-refractivity contribution in [3.63, 3.8) is 0 Å². The predicted molar refractivity (Wildman–Crippen MR) is 55.4 cm³/mol. The van der Waals surface area contributed by atoms with Crippen molar-refractivity contribution < 1.29 is 0 Å². The summed E-state index contributed by atoms with van der Waals surface area (Å²) in [7, 11) is 0. The lowest BCUT2D eigenvalue weighted by molar-refractivity contribution is 0.297. The molecule has 1 saturated heterocycles. The minimum atomic E-state index is 0.366. The van der Waals surface area contributed by atoms with Gasteiger partial charge < -0.3 is 5.32 Å². The Morgan fingerprint density at radius 1 is 1.33 bits per heavy atom. The lowest BCUT2D eigenvalue weighted by Crippen LogP contribution is -2.53. The molecule has 2 atom stereocenters. The van der Waals surface area contributed by atoms with Gasteiger partial charge in [0.1, 0.15) is 0 Å². The fraction of sp³-hybridized carbons (Fsp3) is 1.00. The van der Waals surface area contributed by atoms with Gasteiger partial charge in [-0.15, -0.1) is 11.8 Å². The molecule has 0 spiro atoms. The van der Waals surface area contributed by atoms with Gasteiger partial charge in [-0.3, -0.25) is 0 Å². The van der Waals surface area contributed by atoms with Gasteiger partial charge in [-0.2, -0.15) is 0 Å². The van der Waals surface area contributed by atoms with E-state index in [1.54, 1.807) is 0 Å². The van der Waals surface area contributed by atoms with Crippen molar-refractivity contribution in [2.45, 2.75) is 50.9 Å². The van der Waals surface area contributed by atoms with Crippen LogP contribution >= 0.6 is 11.8 Å². The molecular weight excluding hydrogens is 166 g/mol. The molecule has 2 fully saturated rings. The van der Waals surface area contributed by atoms with Crippen molar-refractivity contribution in [3.8, 4) is 0 Å². The first-order chi connectivity index (χ1) is 5.56. The van der Waals surface area contributed by atoms with E-state index in [4.69, 9.17) is 0 Å². The first-order valence-corrected chi connectivity index (χ1v) is 5.96. The molecule has 2 heteroatoms. The van der Waals surface area contributed by atoms with Gasteiger partial charge >= 0.3 is 0 Å². The molecule has 1 N–H and O–H groups in total. The van der Waals surface area contributed by atoms with Gasteiger partial charge in [-0.25, -0.2) is 0 Å². The number of hydrogen-bond acceptors (Lipinski definition) is 2. The van der Waals surface area contributed by atoms with Gasteiger partial charge in [0.25, 0.3) is 0 Å². The molecule has 1 nitrogen and oxygen atoms in total. The molecule has 1 aliphatic heterocycles. The van der Waals surface area contributed by atoms with Gasteiger partial charge in [0.15, 0.2) is 0 Å². The summed E-state index contributed by atoms with van der Waals surface area (Å²) in [5.41, 5.74) is 0.590. The van der Waals surface area contributed by atoms with E-state index in [-0.39, 0.29) is 0 Å². The highest BCUT2D eigenvalue weighted by Crippen LogP contribution is 2.58. The van der Waals surface area contributed by atoms with Crippen LogP contribution in [-0.4, -0.2) is 16.7 Å². The third kappa shape index (κ3) is 1.29. The third-order valence-corrected chi connectivity index (χ3v) is 5.24. The Morgan fingerprint density at radius 3 is 2.50 bits per heavy atom. The minimum Gasteiger partial charge on any atom is -0.300 e. The minimum absolute atomic E-state index is 0.366. The summed E-state index contributed by atoms with van der Waals surface area (Å²) in [6.07, 6.45) is 4.16. The standard InChI is InChI=1S/C10H19NS/c1-8-4-7-12-10(3,11-8)9(2)5-6-9/h8,11H,4-7H2,1-3H3. The van der Waals surface area contributed by atoms with Crippen LogP contribution in [0.1, 0.15) is 40.0 Å². The van der Waals surface area contributed by atoms with Crippen LogP contribution in [0.25, 0.3) is 0 Å². The molecule has 0 aromatic heterocycles. The summed E-state index contributed by atoms with van der Waals surface area (Å²) in [6.45, 7) is 7.12. The molecule has 12 heavy (non-hydrogen) atoms. The van der Waals surface area contributed by atoms with Crippen LogP contribution in [0.4, 0.5) is 0 Å². The molecule has 0 radical (unpaired) electrons. The normalized spacial score (nSPS) is 45.8. The van der Waals surface area contributed by atoms with Gasteiger partial charge in [0.2, 0.25) is 0 Å². The largest absolute Gasteiger partial charge is 0.300 e. The summed E-state index contributed by atoms with van der Waals surface area (Å²) >= 11 is 2.13. The van der Waals surface area contributed by atoms with Gasteiger partial charge in [0, 0.05) is 6.04 Å². The molecule has 0 amide bonds. The molecule has 1 aliphatic carbocycles. The lowest BCUT2D eigenvalue weighted by atomic mass is 9.98. The number of thioether (sulfide) groups is 1. The molecule has 1 heterocycles. The van der Waals surface area contributed by atoms with Crippen molar-refractivity contribution in [2.24, 2.45) is 5.41 Å². The van der Waals surface area contributed by atoms with Crippen LogP contribution in [0.3, 0.4) is 0 Å². The Kier molecular flexibility index (Phi) is 1.96. The van der Waals surface area contributed by atoms with Crippen molar-refractivity contribution in [3.05, 3.63) is 0 Å². The fourth-order valence-electron chi connectivity index (χ4n) is 2.04. The Hall–Kier alpha value is 0.310.